The Morgan fingerprint density at radius 1 is 1.14 bits per heavy atom. The van der Waals surface area contributed by atoms with E-state index < -0.39 is 0 Å². The van der Waals surface area contributed by atoms with E-state index in [0.29, 0.717) is 18.5 Å². The van der Waals surface area contributed by atoms with Crippen molar-refractivity contribution >= 4 is 6.09 Å². The largest absolute Gasteiger partial charge is 0.445 e. The van der Waals surface area contributed by atoms with Gasteiger partial charge < -0.3 is 9.64 Å². The number of likely N-dealkylation sites (N-methyl/N-ethyl adjacent to an activating group) is 1. The van der Waals surface area contributed by atoms with Crippen molar-refractivity contribution in [1.29, 1.82) is 5.26 Å². The van der Waals surface area contributed by atoms with Crippen LogP contribution in [0.2, 0.25) is 0 Å². The maximum atomic E-state index is 11.9. The number of carbonyl (C=O) groups excluding carboxylic acids is 1. The van der Waals surface area contributed by atoms with E-state index in [0.717, 1.165) is 11.1 Å². The molecule has 0 atom stereocenters. The van der Waals surface area contributed by atoms with Crippen molar-refractivity contribution in [1.82, 2.24) is 4.90 Å². The molecule has 2 aromatic carbocycles. The van der Waals surface area contributed by atoms with Crippen molar-refractivity contribution in [3.05, 3.63) is 71.3 Å². The van der Waals surface area contributed by atoms with Crippen LogP contribution in [-0.2, 0) is 17.8 Å². The Kier molecular flexibility index (Phi) is 5.56. The van der Waals surface area contributed by atoms with E-state index in [4.69, 9.17) is 10.00 Å². The summed E-state index contributed by atoms with van der Waals surface area (Å²) < 4.78 is 5.26. The molecule has 0 aliphatic rings. The van der Waals surface area contributed by atoms with Crippen LogP contribution in [0.5, 0.6) is 0 Å². The van der Waals surface area contributed by atoms with Crippen molar-refractivity contribution < 1.29 is 9.53 Å². The van der Waals surface area contributed by atoms with E-state index in [1.165, 1.54) is 4.90 Å². The standard InChI is InChI=1S/C18H18N2O2/c1-20(12-11-16-9-5-6-10-17(16)13-19)18(21)22-14-15-7-3-2-4-8-15/h2-10H,11-12,14H2,1H3. The van der Waals surface area contributed by atoms with Crippen LogP contribution in [0.15, 0.2) is 54.6 Å². The van der Waals surface area contributed by atoms with Crippen LogP contribution in [0.25, 0.3) is 0 Å². The molecule has 0 unspecified atom stereocenters. The molecule has 4 nitrogen and oxygen atoms in total. The van der Waals surface area contributed by atoms with Crippen LogP contribution in [-0.4, -0.2) is 24.6 Å². The van der Waals surface area contributed by atoms with Gasteiger partial charge in [0.25, 0.3) is 0 Å². The van der Waals surface area contributed by atoms with Gasteiger partial charge in [-0.25, -0.2) is 4.79 Å². The van der Waals surface area contributed by atoms with Crippen molar-refractivity contribution in [2.75, 3.05) is 13.6 Å². The molecule has 0 aromatic heterocycles. The Balaban J connectivity index is 1.83. The average Bonchev–Trinajstić information content (AvgIpc) is 2.58. The first-order valence-electron chi connectivity index (χ1n) is 7.10. The summed E-state index contributed by atoms with van der Waals surface area (Å²) in [6, 6.07) is 19.1. The average molecular weight is 294 g/mol. The van der Waals surface area contributed by atoms with Crippen LogP contribution in [0.1, 0.15) is 16.7 Å². The molecule has 2 rings (SSSR count). The van der Waals surface area contributed by atoms with Gasteiger partial charge in [0.2, 0.25) is 0 Å². The predicted molar refractivity (Wildman–Crippen MR) is 84.1 cm³/mol. The first-order valence-corrected chi connectivity index (χ1v) is 7.10. The maximum absolute atomic E-state index is 11.9. The number of hydrogen-bond acceptors (Lipinski definition) is 3. The molecule has 0 saturated carbocycles. The Morgan fingerprint density at radius 3 is 2.55 bits per heavy atom. The highest BCUT2D eigenvalue weighted by atomic mass is 16.6. The number of carbonyl (C=O) groups is 1. The topological polar surface area (TPSA) is 53.3 Å². The lowest BCUT2D eigenvalue weighted by molar-refractivity contribution is 0.105. The summed E-state index contributed by atoms with van der Waals surface area (Å²) in [5, 5.41) is 9.05. The molecule has 0 spiro atoms. The lowest BCUT2D eigenvalue weighted by atomic mass is 10.1. The molecule has 22 heavy (non-hydrogen) atoms. The van der Waals surface area contributed by atoms with E-state index in [-0.39, 0.29) is 12.7 Å². The molecule has 0 heterocycles. The van der Waals surface area contributed by atoms with Gasteiger partial charge in [0, 0.05) is 13.6 Å². The fourth-order valence-corrected chi connectivity index (χ4v) is 2.06. The molecular formula is C18H18N2O2. The van der Waals surface area contributed by atoms with Gasteiger partial charge >= 0.3 is 6.09 Å². The number of hydrogen-bond donors (Lipinski definition) is 0. The molecule has 0 bridgehead atoms. The summed E-state index contributed by atoms with van der Waals surface area (Å²) in [6.45, 7) is 0.769. The minimum Gasteiger partial charge on any atom is -0.445 e. The second-order valence-electron chi connectivity index (χ2n) is 4.98. The quantitative estimate of drug-likeness (QED) is 0.849. The van der Waals surface area contributed by atoms with Crippen LogP contribution in [0, 0.1) is 11.3 Å². The predicted octanol–water partition coefficient (Wildman–Crippen LogP) is 3.37. The summed E-state index contributed by atoms with van der Waals surface area (Å²) in [4.78, 5) is 13.5. The zero-order chi connectivity index (χ0) is 15.8. The molecule has 0 fully saturated rings. The van der Waals surface area contributed by atoms with Crippen LogP contribution in [0.4, 0.5) is 4.79 Å². The number of nitriles is 1. The molecule has 0 radical (unpaired) electrons. The SMILES string of the molecule is CN(CCc1ccccc1C#N)C(=O)OCc1ccccc1. The Bertz CT molecular complexity index is 662. The Labute approximate surface area is 130 Å². The highest BCUT2D eigenvalue weighted by Crippen LogP contribution is 2.09. The smallest absolute Gasteiger partial charge is 0.409 e. The number of amides is 1. The van der Waals surface area contributed by atoms with Gasteiger partial charge in [-0.15, -0.1) is 0 Å². The fraction of sp³-hybridized carbons (Fsp3) is 0.222. The van der Waals surface area contributed by atoms with Gasteiger partial charge in [0.1, 0.15) is 6.61 Å². The zero-order valence-corrected chi connectivity index (χ0v) is 12.5. The summed E-state index contributed by atoms with van der Waals surface area (Å²) >= 11 is 0. The van der Waals surface area contributed by atoms with Crippen molar-refractivity contribution in [3.8, 4) is 6.07 Å². The van der Waals surface area contributed by atoms with Crippen molar-refractivity contribution in [2.45, 2.75) is 13.0 Å². The Morgan fingerprint density at radius 2 is 1.82 bits per heavy atom. The van der Waals surface area contributed by atoms with E-state index >= 15 is 0 Å². The highest BCUT2D eigenvalue weighted by Gasteiger charge is 2.11. The zero-order valence-electron chi connectivity index (χ0n) is 12.5. The van der Waals surface area contributed by atoms with E-state index in [1.54, 1.807) is 13.1 Å². The van der Waals surface area contributed by atoms with E-state index in [9.17, 15) is 4.79 Å². The lowest BCUT2D eigenvalue weighted by Gasteiger charge is -2.17. The second kappa shape index (κ2) is 7.84. The molecule has 4 heteroatoms. The van der Waals surface area contributed by atoms with E-state index in [2.05, 4.69) is 6.07 Å². The van der Waals surface area contributed by atoms with Gasteiger partial charge in [-0.1, -0.05) is 48.5 Å². The third kappa shape index (κ3) is 4.35. The van der Waals surface area contributed by atoms with Gasteiger partial charge in [-0.05, 0) is 23.6 Å². The maximum Gasteiger partial charge on any atom is 0.409 e. The third-order valence-electron chi connectivity index (χ3n) is 3.37. The van der Waals surface area contributed by atoms with Gasteiger partial charge in [-0.2, -0.15) is 5.26 Å². The summed E-state index contributed by atoms with van der Waals surface area (Å²) in [5.41, 5.74) is 2.54. The van der Waals surface area contributed by atoms with Crippen molar-refractivity contribution in [2.24, 2.45) is 0 Å². The highest BCUT2D eigenvalue weighted by molar-refractivity contribution is 5.67. The van der Waals surface area contributed by atoms with Gasteiger partial charge in [-0.3, -0.25) is 0 Å². The van der Waals surface area contributed by atoms with E-state index in [1.807, 2.05) is 48.5 Å². The third-order valence-corrected chi connectivity index (χ3v) is 3.37. The molecule has 112 valence electrons. The molecule has 0 aliphatic heterocycles. The molecule has 0 N–H and O–H groups in total. The molecule has 0 saturated heterocycles. The summed E-state index contributed by atoms with van der Waals surface area (Å²) in [6.07, 6.45) is 0.263. The summed E-state index contributed by atoms with van der Waals surface area (Å²) in [5.74, 6) is 0. The lowest BCUT2D eigenvalue weighted by Crippen LogP contribution is -2.29. The van der Waals surface area contributed by atoms with Crippen LogP contribution < -0.4 is 0 Å². The van der Waals surface area contributed by atoms with Gasteiger partial charge in [0.15, 0.2) is 0 Å². The second-order valence-corrected chi connectivity index (χ2v) is 4.98. The van der Waals surface area contributed by atoms with Gasteiger partial charge in [0.05, 0.1) is 11.6 Å². The molecule has 2 aromatic rings. The van der Waals surface area contributed by atoms with Crippen molar-refractivity contribution in [3.63, 3.8) is 0 Å². The molecule has 1 amide bonds. The summed E-state index contributed by atoms with van der Waals surface area (Å²) in [7, 11) is 1.70. The molecule has 0 aliphatic carbocycles. The first kappa shape index (κ1) is 15.6. The Hall–Kier alpha value is -2.80. The van der Waals surface area contributed by atoms with Crippen LogP contribution in [0.3, 0.4) is 0 Å². The fourth-order valence-electron chi connectivity index (χ4n) is 2.06. The molecular weight excluding hydrogens is 276 g/mol. The minimum absolute atomic E-state index is 0.263. The number of benzene rings is 2. The van der Waals surface area contributed by atoms with Crippen LogP contribution >= 0.6 is 0 Å². The number of nitrogens with zero attached hydrogens (tertiary/aromatic N) is 2. The minimum atomic E-state index is -0.363. The normalized spacial score (nSPS) is 9.82. The number of rotatable bonds is 5. The monoisotopic (exact) mass is 294 g/mol. The number of ether oxygens (including phenoxy) is 1. The first-order chi connectivity index (χ1) is 10.7.